The summed E-state index contributed by atoms with van der Waals surface area (Å²) in [5.74, 6) is 0. The maximum absolute atomic E-state index is 5.91. The van der Waals surface area contributed by atoms with Crippen molar-refractivity contribution in [2.45, 2.75) is 38.6 Å². The molecule has 1 fully saturated rings. The third kappa shape index (κ3) is 5.42. The minimum atomic E-state index is 0.599. The number of benzene rings is 1. The predicted octanol–water partition coefficient (Wildman–Crippen LogP) is 2.36. The molecular weight excluding hydrogens is 258 g/mol. The number of aryl methyl sites for hydroxylation is 1. The standard InChI is InChI=1S/C18H31N3/c1-2-7-18(16-19)21-14-12-20(13-15-21)11-6-10-17-8-4-3-5-9-17/h3-5,8-9,18H,2,6-7,10-16,19H2,1H3. The van der Waals surface area contributed by atoms with Gasteiger partial charge in [0.25, 0.3) is 0 Å². The van der Waals surface area contributed by atoms with Gasteiger partial charge in [0.2, 0.25) is 0 Å². The van der Waals surface area contributed by atoms with Crippen LogP contribution in [0.15, 0.2) is 30.3 Å². The molecule has 1 aliphatic rings. The van der Waals surface area contributed by atoms with Crippen LogP contribution in [-0.4, -0.2) is 55.1 Å². The summed E-state index contributed by atoms with van der Waals surface area (Å²) >= 11 is 0. The third-order valence-corrected chi connectivity index (χ3v) is 4.60. The molecule has 0 saturated carbocycles. The summed E-state index contributed by atoms with van der Waals surface area (Å²) in [6.07, 6.45) is 4.94. The average Bonchev–Trinajstić information content (AvgIpc) is 2.54. The Morgan fingerprint density at radius 1 is 1.10 bits per heavy atom. The second-order valence-corrected chi connectivity index (χ2v) is 6.14. The first kappa shape index (κ1) is 16.5. The third-order valence-electron chi connectivity index (χ3n) is 4.60. The van der Waals surface area contributed by atoms with Gasteiger partial charge >= 0.3 is 0 Å². The quantitative estimate of drug-likeness (QED) is 0.797. The van der Waals surface area contributed by atoms with Crippen LogP contribution < -0.4 is 5.73 Å². The van der Waals surface area contributed by atoms with Crippen molar-refractivity contribution < 1.29 is 0 Å². The summed E-state index contributed by atoms with van der Waals surface area (Å²) in [5.41, 5.74) is 7.37. The van der Waals surface area contributed by atoms with Crippen molar-refractivity contribution in [2.75, 3.05) is 39.3 Å². The monoisotopic (exact) mass is 289 g/mol. The molecule has 1 aliphatic heterocycles. The van der Waals surface area contributed by atoms with Gasteiger partial charge in [-0.15, -0.1) is 0 Å². The zero-order valence-electron chi connectivity index (χ0n) is 13.5. The first-order valence-electron chi connectivity index (χ1n) is 8.54. The van der Waals surface area contributed by atoms with Gasteiger partial charge in [-0.25, -0.2) is 0 Å². The summed E-state index contributed by atoms with van der Waals surface area (Å²) < 4.78 is 0. The largest absolute Gasteiger partial charge is 0.329 e. The molecule has 1 heterocycles. The molecule has 0 amide bonds. The van der Waals surface area contributed by atoms with E-state index in [-0.39, 0.29) is 0 Å². The molecule has 0 radical (unpaired) electrons. The van der Waals surface area contributed by atoms with Crippen molar-refractivity contribution in [3.05, 3.63) is 35.9 Å². The van der Waals surface area contributed by atoms with E-state index in [1.54, 1.807) is 0 Å². The SMILES string of the molecule is CCCC(CN)N1CCN(CCCc2ccccc2)CC1. The Morgan fingerprint density at radius 3 is 2.43 bits per heavy atom. The van der Waals surface area contributed by atoms with Crippen LogP contribution >= 0.6 is 0 Å². The molecule has 3 heteroatoms. The molecule has 118 valence electrons. The van der Waals surface area contributed by atoms with Gasteiger partial charge < -0.3 is 10.6 Å². The maximum atomic E-state index is 5.91. The van der Waals surface area contributed by atoms with Crippen molar-refractivity contribution in [2.24, 2.45) is 5.73 Å². The summed E-state index contributed by atoms with van der Waals surface area (Å²) in [5, 5.41) is 0. The second-order valence-electron chi connectivity index (χ2n) is 6.14. The number of nitrogens with zero attached hydrogens (tertiary/aromatic N) is 2. The van der Waals surface area contributed by atoms with E-state index in [9.17, 15) is 0 Å². The van der Waals surface area contributed by atoms with E-state index in [0.29, 0.717) is 6.04 Å². The van der Waals surface area contributed by atoms with Crippen molar-refractivity contribution >= 4 is 0 Å². The van der Waals surface area contributed by atoms with Crippen LogP contribution in [-0.2, 0) is 6.42 Å². The molecule has 1 aromatic carbocycles. The van der Waals surface area contributed by atoms with E-state index in [0.717, 1.165) is 6.54 Å². The highest BCUT2D eigenvalue weighted by Gasteiger charge is 2.21. The van der Waals surface area contributed by atoms with Crippen molar-refractivity contribution in [3.63, 3.8) is 0 Å². The first-order chi connectivity index (χ1) is 10.3. The van der Waals surface area contributed by atoms with Crippen LogP contribution in [0.2, 0.25) is 0 Å². The topological polar surface area (TPSA) is 32.5 Å². The Labute approximate surface area is 130 Å². The van der Waals surface area contributed by atoms with Crippen molar-refractivity contribution in [3.8, 4) is 0 Å². The fourth-order valence-corrected chi connectivity index (χ4v) is 3.29. The fraction of sp³-hybridized carbons (Fsp3) is 0.667. The van der Waals surface area contributed by atoms with Crippen LogP contribution in [0.5, 0.6) is 0 Å². The van der Waals surface area contributed by atoms with Gasteiger partial charge in [0.15, 0.2) is 0 Å². The first-order valence-corrected chi connectivity index (χ1v) is 8.54. The molecule has 1 saturated heterocycles. The molecule has 1 atom stereocenters. The molecule has 1 unspecified atom stereocenters. The summed E-state index contributed by atoms with van der Waals surface area (Å²) in [6.45, 7) is 9.07. The predicted molar refractivity (Wildman–Crippen MR) is 90.5 cm³/mol. The van der Waals surface area contributed by atoms with Crippen LogP contribution in [0.1, 0.15) is 31.7 Å². The van der Waals surface area contributed by atoms with Gasteiger partial charge in [0.05, 0.1) is 0 Å². The molecule has 0 spiro atoms. The number of piperazine rings is 1. The van der Waals surface area contributed by atoms with E-state index in [2.05, 4.69) is 47.1 Å². The molecule has 1 aromatic rings. The van der Waals surface area contributed by atoms with Crippen LogP contribution in [0.25, 0.3) is 0 Å². The molecule has 2 N–H and O–H groups in total. The average molecular weight is 289 g/mol. The highest BCUT2D eigenvalue weighted by molar-refractivity contribution is 5.14. The zero-order chi connectivity index (χ0) is 14.9. The number of nitrogens with two attached hydrogens (primary N) is 1. The smallest absolute Gasteiger partial charge is 0.0219 e. The van der Waals surface area contributed by atoms with Gasteiger partial charge in [-0.2, -0.15) is 0 Å². The van der Waals surface area contributed by atoms with Crippen LogP contribution in [0.3, 0.4) is 0 Å². The van der Waals surface area contributed by atoms with Gasteiger partial charge in [-0.3, -0.25) is 4.90 Å². The lowest BCUT2D eigenvalue weighted by Crippen LogP contribution is -2.52. The Kier molecular flexibility index (Phi) is 7.20. The Bertz CT molecular complexity index is 371. The highest BCUT2D eigenvalue weighted by atomic mass is 15.3. The zero-order valence-corrected chi connectivity index (χ0v) is 13.5. The van der Waals surface area contributed by atoms with Gasteiger partial charge in [0.1, 0.15) is 0 Å². The van der Waals surface area contributed by atoms with Crippen LogP contribution in [0.4, 0.5) is 0 Å². The van der Waals surface area contributed by atoms with Crippen molar-refractivity contribution in [1.82, 2.24) is 9.80 Å². The maximum Gasteiger partial charge on any atom is 0.0219 e. The molecule has 0 aliphatic carbocycles. The summed E-state index contributed by atoms with van der Waals surface area (Å²) in [4.78, 5) is 5.20. The lowest BCUT2D eigenvalue weighted by Gasteiger charge is -2.39. The van der Waals surface area contributed by atoms with Gasteiger partial charge in [0, 0.05) is 38.8 Å². The van der Waals surface area contributed by atoms with E-state index < -0.39 is 0 Å². The Balaban J connectivity index is 1.65. The molecule has 3 nitrogen and oxygen atoms in total. The van der Waals surface area contributed by atoms with Crippen molar-refractivity contribution in [1.29, 1.82) is 0 Å². The Morgan fingerprint density at radius 2 is 1.81 bits per heavy atom. The van der Waals surface area contributed by atoms with E-state index in [1.807, 2.05) is 0 Å². The minimum absolute atomic E-state index is 0.599. The lowest BCUT2D eigenvalue weighted by atomic mass is 10.1. The highest BCUT2D eigenvalue weighted by Crippen LogP contribution is 2.11. The molecule has 0 aromatic heterocycles. The molecule has 21 heavy (non-hydrogen) atoms. The molecule has 0 bridgehead atoms. The fourth-order valence-electron chi connectivity index (χ4n) is 3.29. The Hall–Kier alpha value is -0.900. The second kappa shape index (κ2) is 9.19. The summed E-state index contributed by atoms with van der Waals surface area (Å²) in [7, 11) is 0. The van der Waals surface area contributed by atoms with E-state index in [1.165, 1.54) is 64.0 Å². The minimum Gasteiger partial charge on any atom is -0.329 e. The normalized spacial score (nSPS) is 18.8. The molecule has 2 rings (SSSR count). The van der Waals surface area contributed by atoms with Gasteiger partial charge in [-0.1, -0.05) is 43.7 Å². The molecular formula is C18H31N3. The number of hydrogen-bond donors (Lipinski definition) is 1. The summed E-state index contributed by atoms with van der Waals surface area (Å²) in [6, 6.07) is 11.4. The van der Waals surface area contributed by atoms with Crippen LogP contribution in [0, 0.1) is 0 Å². The van der Waals surface area contributed by atoms with E-state index in [4.69, 9.17) is 5.73 Å². The lowest BCUT2D eigenvalue weighted by molar-refractivity contribution is 0.0939. The number of hydrogen-bond acceptors (Lipinski definition) is 3. The van der Waals surface area contributed by atoms with E-state index >= 15 is 0 Å². The van der Waals surface area contributed by atoms with Gasteiger partial charge in [-0.05, 0) is 31.4 Å². The number of rotatable bonds is 8.